The Kier molecular flexibility index (Phi) is 6.50. The van der Waals surface area contributed by atoms with Crippen LogP contribution in [0.15, 0.2) is 152 Å². The first-order chi connectivity index (χ1) is 21.8. The van der Waals surface area contributed by atoms with Crippen LogP contribution in [-0.4, -0.2) is 21.5 Å². The summed E-state index contributed by atoms with van der Waals surface area (Å²) >= 11 is 0. The predicted molar refractivity (Wildman–Crippen MR) is 182 cm³/mol. The second kappa shape index (κ2) is 11.1. The highest BCUT2D eigenvalue weighted by molar-refractivity contribution is 6.19. The Morgan fingerprint density at radius 2 is 1.11 bits per heavy atom. The lowest BCUT2D eigenvalue weighted by atomic mass is 9.84. The fraction of sp³-hybridized carbons (Fsp3) is 0.0250. The molecule has 4 nitrogen and oxygen atoms in total. The summed E-state index contributed by atoms with van der Waals surface area (Å²) in [6.07, 6.45) is 10.0. The zero-order chi connectivity index (χ0) is 29.3. The first-order valence-electron chi connectivity index (χ1n) is 14.8. The number of benzene rings is 4. The average molecular weight is 565 g/mol. The summed E-state index contributed by atoms with van der Waals surface area (Å²) in [5.74, 6) is 0. The molecular formula is C40H28N4. The highest BCUT2D eigenvalue weighted by Crippen LogP contribution is 2.43. The van der Waals surface area contributed by atoms with Crippen LogP contribution in [0.5, 0.6) is 0 Å². The number of hydrogen-bond donors (Lipinski definition) is 1. The largest absolute Gasteiger partial charge is 0.379 e. The molecule has 1 aliphatic rings. The molecule has 3 aromatic heterocycles. The fourth-order valence-electron chi connectivity index (χ4n) is 6.22. The van der Waals surface area contributed by atoms with E-state index in [2.05, 4.69) is 112 Å². The van der Waals surface area contributed by atoms with Crippen molar-refractivity contribution in [3.8, 4) is 33.6 Å². The van der Waals surface area contributed by atoms with Crippen LogP contribution >= 0.6 is 0 Å². The summed E-state index contributed by atoms with van der Waals surface area (Å²) in [7, 11) is 0. The van der Waals surface area contributed by atoms with Crippen molar-refractivity contribution in [2.75, 3.05) is 6.54 Å². The third kappa shape index (κ3) is 4.63. The normalized spacial score (nSPS) is 12.9. The minimum atomic E-state index is 0.710. The Morgan fingerprint density at radius 3 is 1.80 bits per heavy atom. The van der Waals surface area contributed by atoms with E-state index in [4.69, 9.17) is 4.98 Å². The van der Waals surface area contributed by atoms with Gasteiger partial charge in [-0.05, 0) is 91.8 Å². The van der Waals surface area contributed by atoms with Crippen molar-refractivity contribution in [2.45, 2.75) is 0 Å². The summed E-state index contributed by atoms with van der Waals surface area (Å²) in [6, 6.07) is 42.4. The number of allylic oxidation sites excluding steroid dienone is 2. The van der Waals surface area contributed by atoms with Gasteiger partial charge in [-0.25, -0.2) is 0 Å². The molecule has 0 saturated carbocycles. The van der Waals surface area contributed by atoms with Crippen LogP contribution in [0, 0.1) is 0 Å². The van der Waals surface area contributed by atoms with E-state index in [0.717, 1.165) is 28.3 Å². The molecule has 0 amide bonds. The van der Waals surface area contributed by atoms with Crippen LogP contribution in [0.2, 0.25) is 0 Å². The van der Waals surface area contributed by atoms with Gasteiger partial charge in [-0.1, -0.05) is 91.0 Å². The highest BCUT2D eigenvalue weighted by Gasteiger charge is 2.20. The fourth-order valence-corrected chi connectivity index (χ4v) is 6.22. The summed E-state index contributed by atoms with van der Waals surface area (Å²) < 4.78 is 0. The third-order valence-electron chi connectivity index (χ3n) is 8.29. The van der Waals surface area contributed by atoms with E-state index >= 15 is 0 Å². The molecule has 1 aliphatic heterocycles. The van der Waals surface area contributed by atoms with Crippen molar-refractivity contribution in [2.24, 2.45) is 0 Å². The van der Waals surface area contributed by atoms with E-state index in [1.165, 1.54) is 49.4 Å². The average Bonchev–Trinajstić information content (AvgIpc) is 3.12. The van der Waals surface area contributed by atoms with Gasteiger partial charge in [-0.15, -0.1) is 0 Å². The second-order valence-electron chi connectivity index (χ2n) is 10.9. The maximum absolute atomic E-state index is 4.87. The zero-order valence-corrected chi connectivity index (χ0v) is 24.0. The molecule has 4 aromatic carbocycles. The van der Waals surface area contributed by atoms with Gasteiger partial charge in [-0.2, -0.15) is 0 Å². The van der Waals surface area contributed by atoms with Crippen LogP contribution in [0.4, 0.5) is 0 Å². The SMILES string of the molecule is C1=C(c2ccccn2)NCC(c2c3ccccc3c(-c3ccc(-c4ccccn4)nc3)c3cc(-c4ccccc4)ccc23)=C1. The van der Waals surface area contributed by atoms with E-state index in [-0.39, 0.29) is 0 Å². The minimum absolute atomic E-state index is 0.710. The number of fused-ring (bicyclic) bond motifs is 2. The van der Waals surface area contributed by atoms with Crippen molar-refractivity contribution >= 4 is 32.8 Å². The van der Waals surface area contributed by atoms with E-state index in [0.29, 0.717) is 6.54 Å². The molecule has 0 atom stereocenters. The van der Waals surface area contributed by atoms with Crippen molar-refractivity contribution < 1.29 is 0 Å². The van der Waals surface area contributed by atoms with Gasteiger partial charge in [0.2, 0.25) is 0 Å². The quantitative estimate of drug-likeness (QED) is 0.212. The lowest BCUT2D eigenvalue weighted by molar-refractivity contribution is 0.996. The Hall–Kier alpha value is -5.87. The molecule has 0 fully saturated rings. The first-order valence-corrected chi connectivity index (χ1v) is 14.8. The molecule has 0 aliphatic carbocycles. The molecule has 0 saturated heterocycles. The summed E-state index contributed by atoms with van der Waals surface area (Å²) in [5.41, 5.74) is 10.8. The van der Waals surface area contributed by atoms with Gasteiger partial charge in [0.25, 0.3) is 0 Å². The standard InChI is InChI=1S/C40H28N4/c1-2-10-27(11-3-1)28-16-19-33-34(24-28)40(30-18-21-38(44-26-30)36-15-7-9-23-42-36)32-13-5-4-12-31(32)39(33)29-17-20-37(43-25-29)35-14-6-8-22-41-35/h1-24,26,43H,25H2. The number of hydrogen-bond acceptors (Lipinski definition) is 4. The molecule has 0 spiro atoms. The molecule has 0 unspecified atom stereocenters. The zero-order valence-electron chi connectivity index (χ0n) is 24.0. The lowest BCUT2D eigenvalue weighted by Crippen LogP contribution is -2.19. The second-order valence-corrected chi connectivity index (χ2v) is 10.9. The Morgan fingerprint density at radius 1 is 0.455 bits per heavy atom. The van der Waals surface area contributed by atoms with Gasteiger partial charge in [-0.3, -0.25) is 15.0 Å². The summed E-state index contributed by atoms with van der Waals surface area (Å²) in [6.45, 7) is 0.710. The summed E-state index contributed by atoms with van der Waals surface area (Å²) in [5, 5.41) is 8.48. The van der Waals surface area contributed by atoms with Crippen LogP contribution in [0.25, 0.3) is 66.5 Å². The molecule has 4 heteroatoms. The molecule has 0 radical (unpaired) electrons. The van der Waals surface area contributed by atoms with Gasteiger partial charge >= 0.3 is 0 Å². The van der Waals surface area contributed by atoms with Gasteiger partial charge in [0, 0.05) is 30.7 Å². The van der Waals surface area contributed by atoms with Crippen molar-refractivity contribution in [1.29, 1.82) is 0 Å². The number of aromatic nitrogens is 3. The molecular weight excluding hydrogens is 536 g/mol. The Labute approximate surface area is 256 Å². The summed E-state index contributed by atoms with van der Waals surface area (Å²) in [4.78, 5) is 13.9. The lowest BCUT2D eigenvalue weighted by Gasteiger charge is -2.23. The molecule has 4 heterocycles. The van der Waals surface area contributed by atoms with E-state index in [1.54, 1.807) is 6.20 Å². The highest BCUT2D eigenvalue weighted by atomic mass is 14.9. The molecule has 44 heavy (non-hydrogen) atoms. The molecule has 8 rings (SSSR count). The van der Waals surface area contributed by atoms with E-state index < -0.39 is 0 Å². The Bertz CT molecular complexity index is 2190. The van der Waals surface area contributed by atoms with Gasteiger partial charge in [0.15, 0.2) is 0 Å². The first kappa shape index (κ1) is 25.8. The number of dihydropyridines is 1. The van der Waals surface area contributed by atoms with Crippen LogP contribution < -0.4 is 5.32 Å². The predicted octanol–water partition coefficient (Wildman–Crippen LogP) is 9.21. The molecule has 0 bridgehead atoms. The maximum Gasteiger partial charge on any atom is 0.0886 e. The Balaban J connectivity index is 1.37. The van der Waals surface area contributed by atoms with Gasteiger partial charge in [0.05, 0.1) is 22.8 Å². The van der Waals surface area contributed by atoms with Gasteiger partial charge < -0.3 is 5.32 Å². The minimum Gasteiger partial charge on any atom is -0.379 e. The van der Waals surface area contributed by atoms with Crippen molar-refractivity contribution in [1.82, 2.24) is 20.3 Å². The monoisotopic (exact) mass is 564 g/mol. The van der Waals surface area contributed by atoms with Crippen LogP contribution in [-0.2, 0) is 0 Å². The van der Waals surface area contributed by atoms with Crippen molar-refractivity contribution in [3.05, 3.63) is 163 Å². The van der Waals surface area contributed by atoms with E-state index in [9.17, 15) is 0 Å². The smallest absolute Gasteiger partial charge is 0.0886 e. The maximum atomic E-state index is 4.87. The van der Waals surface area contributed by atoms with Crippen LogP contribution in [0.1, 0.15) is 11.3 Å². The molecule has 1 N–H and O–H groups in total. The number of nitrogens with one attached hydrogen (secondary N) is 1. The topological polar surface area (TPSA) is 50.7 Å². The van der Waals surface area contributed by atoms with Crippen molar-refractivity contribution in [3.63, 3.8) is 0 Å². The number of pyridine rings is 3. The van der Waals surface area contributed by atoms with Crippen LogP contribution in [0.3, 0.4) is 0 Å². The molecule has 208 valence electrons. The van der Waals surface area contributed by atoms with E-state index in [1.807, 2.05) is 48.8 Å². The number of nitrogens with zero attached hydrogens (tertiary/aromatic N) is 3. The van der Waals surface area contributed by atoms with Gasteiger partial charge in [0.1, 0.15) is 0 Å². The third-order valence-corrected chi connectivity index (χ3v) is 8.29. The molecule has 7 aromatic rings. The number of rotatable bonds is 5.